The minimum absolute atomic E-state index is 0.144. The number of ether oxygens (including phenoxy) is 1. The number of esters is 1. The van der Waals surface area contributed by atoms with Crippen molar-refractivity contribution < 1.29 is 23.5 Å². The molecule has 1 saturated heterocycles. The molecule has 0 saturated carbocycles. The predicted octanol–water partition coefficient (Wildman–Crippen LogP) is 3.69. The molecule has 1 aliphatic heterocycles. The second-order valence-electron chi connectivity index (χ2n) is 7.38. The molecule has 8 heteroatoms. The highest BCUT2D eigenvalue weighted by Crippen LogP contribution is 2.21. The summed E-state index contributed by atoms with van der Waals surface area (Å²) in [6.07, 6.45) is 3.68. The van der Waals surface area contributed by atoms with E-state index in [1.807, 2.05) is 0 Å². The third-order valence-electron chi connectivity index (χ3n) is 4.99. The molecule has 3 rings (SSSR count). The summed E-state index contributed by atoms with van der Waals surface area (Å²) >= 11 is 5.91. The minimum Gasteiger partial charge on any atom is -0.452 e. The van der Waals surface area contributed by atoms with Gasteiger partial charge in [0, 0.05) is 31.1 Å². The van der Waals surface area contributed by atoms with Gasteiger partial charge in [-0.15, -0.1) is 0 Å². The fraction of sp³-hybridized carbons (Fsp3) is 0.292. The Labute approximate surface area is 191 Å². The topological polar surface area (TPSA) is 75.7 Å². The molecule has 0 bridgehead atoms. The summed E-state index contributed by atoms with van der Waals surface area (Å²) < 4.78 is 18.5. The van der Waals surface area contributed by atoms with Crippen LogP contribution in [0.2, 0.25) is 5.02 Å². The largest absolute Gasteiger partial charge is 0.452 e. The molecule has 2 aromatic rings. The van der Waals surface area contributed by atoms with E-state index in [4.69, 9.17) is 16.3 Å². The van der Waals surface area contributed by atoms with Crippen LogP contribution in [0, 0.1) is 5.82 Å². The van der Waals surface area contributed by atoms with E-state index in [0.717, 1.165) is 13.0 Å². The Morgan fingerprint density at radius 1 is 1.12 bits per heavy atom. The van der Waals surface area contributed by atoms with Crippen molar-refractivity contribution in [2.45, 2.75) is 19.3 Å². The Morgan fingerprint density at radius 2 is 1.84 bits per heavy atom. The molecule has 1 heterocycles. The maximum absolute atomic E-state index is 13.3. The Kier molecular flexibility index (Phi) is 8.39. The molecule has 0 unspecified atom stereocenters. The molecule has 2 aromatic carbocycles. The molecule has 6 nitrogen and oxygen atoms in total. The van der Waals surface area contributed by atoms with Crippen LogP contribution in [0.1, 0.15) is 30.4 Å². The van der Waals surface area contributed by atoms with Crippen molar-refractivity contribution in [2.24, 2.45) is 0 Å². The number of likely N-dealkylation sites (tertiary alicyclic amines) is 1. The summed E-state index contributed by atoms with van der Waals surface area (Å²) in [5.74, 6) is -1.42. The van der Waals surface area contributed by atoms with Crippen LogP contribution >= 0.6 is 11.6 Å². The van der Waals surface area contributed by atoms with Crippen molar-refractivity contribution in [1.82, 2.24) is 10.2 Å². The lowest BCUT2D eigenvalue weighted by Crippen LogP contribution is -2.33. The molecule has 0 radical (unpaired) electrons. The van der Waals surface area contributed by atoms with Gasteiger partial charge in [-0.1, -0.05) is 35.9 Å². The Balaban J connectivity index is 1.56. The first-order valence-electron chi connectivity index (χ1n) is 10.4. The molecule has 32 heavy (non-hydrogen) atoms. The Hall–Kier alpha value is -3.19. The standard InChI is InChI=1S/C24H24ClFN2O4/c25-19-8-4-17(5-9-19)15-21(18-6-10-20(26)11-7-18)24(31)32-16-22(29)27-12-2-14-28-13-1-3-23(28)30/h4-11,15H,1-3,12-14,16H2,(H,27,29). The number of nitrogens with zero attached hydrogens (tertiary/aromatic N) is 1. The van der Waals surface area contributed by atoms with E-state index in [-0.39, 0.29) is 11.5 Å². The van der Waals surface area contributed by atoms with Crippen LogP contribution in [0.3, 0.4) is 0 Å². The first kappa shape index (κ1) is 23.5. The van der Waals surface area contributed by atoms with Gasteiger partial charge in [-0.25, -0.2) is 9.18 Å². The van der Waals surface area contributed by atoms with Crippen LogP contribution in [-0.4, -0.2) is 48.9 Å². The lowest BCUT2D eigenvalue weighted by Gasteiger charge is -2.15. The number of benzene rings is 2. The SMILES string of the molecule is O=C(COC(=O)C(=Cc1ccc(Cl)cc1)c1ccc(F)cc1)NCCCN1CCCC1=O. The van der Waals surface area contributed by atoms with Crippen molar-refractivity contribution in [1.29, 1.82) is 0 Å². The molecular weight excluding hydrogens is 435 g/mol. The average Bonchev–Trinajstić information content (AvgIpc) is 3.20. The smallest absolute Gasteiger partial charge is 0.339 e. The molecule has 2 amide bonds. The summed E-state index contributed by atoms with van der Waals surface area (Å²) in [4.78, 5) is 38.1. The van der Waals surface area contributed by atoms with Gasteiger partial charge in [0.2, 0.25) is 5.91 Å². The normalized spacial score (nSPS) is 13.9. The maximum Gasteiger partial charge on any atom is 0.339 e. The van der Waals surface area contributed by atoms with Gasteiger partial charge >= 0.3 is 5.97 Å². The highest BCUT2D eigenvalue weighted by Gasteiger charge is 2.19. The average molecular weight is 459 g/mol. The molecule has 0 spiro atoms. The van der Waals surface area contributed by atoms with E-state index in [0.29, 0.717) is 42.1 Å². The Morgan fingerprint density at radius 3 is 2.50 bits per heavy atom. The summed E-state index contributed by atoms with van der Waals surface area (Å²) in [6, 6.07) is 12.3. The van der Waals surface area contributed by atoms with Crippen LogP contribution in [0.5, 0.6) is 0 Å². The number of halogens is 2. The van der Waals surface area contributed by atoms with Crippen LogP contribution in [0.15, 0.2) is 48.5 Å². The van der Waals surface area contributed by atoms with Crippen LogP contribution in [-0.2, 0) is 19.1 Å². The highest BCUT2D eigenvalue weighted by atomic mass is 35.5. The zero-order valence-electron chi connectivity index (χ0n) is 17.5. The van der Waals surface area contributed by atoms with Crippen molar-refractivity contribution in [2.75, 3.05) is 26.2 Å². The zero-order valence-corrected chi connectivity index (χ0v) is 18.2. The van der Waals surface area contributed by atoms with Crippen molar-refractivity contribution >= 4 is 41.0 Å². The lowest BCUT2D eigenvalue weighted by molar-refractivity contribution is -0.142. The number of hydrogen-bond donors (Lipinski definition) is 1. The third-order valence-corrected chi connectivity index (χ3v) is 5.24. The van der Waals surface area contributed by atoms with Gasteiger partial charge in [0.25, 0.3) is 5.91 Å². The van der Waals surface area contributed by atoms with E-state index in [1.54, 1.807) is 35.2 Å². The molecule has 1 fully saturated rings. The summed E-state index contributed by atoms with van der Waals surface area (Å²) in [5.41, 5.74) is 1.35. The number of carbonyl (C=O) groups excluding carboxylic acids is 3. The molecule has 168 valence electrons. The predicted molar refractivity (Wildman–Crippen MR) is 120 cm³/mol. The summed E-state index contributed by atoms with van der Waals surface area (Å²) in [7, 11) is 0. The molecule has 1 aliphatic rings. The second kappa shape index (κ2) is 11.4. The van der Waals surface area contributed by atoms with Gasteiger partial charge < -0.3 is 15.0 Å². The van der Waals surface area contributed by atoms with Crippen molar-refractivity contribution in [3.8, 4) is 0 Å². The maximum atomic E-state index is 13.3. The number of carbonyl (C=O) groups is 3. The first-order chi connectivity index (χ1) is 15.4. The number of amides is 2. The van der Waals surface area contributed by atoms with E-state index in [2.05, 4.69) is 5.32 Å². The molecule has 0 aliphatic carbocycles. The van der Waals surface area contributed by atoms with Crippen LogP contribution in [0.4, 0.5) is 4.39 Å². The van der Waals surface area contributed by atoms with Crippen molar-refractivity contribution in [3.63, 3.8) is 0 Å². The third kappa shape index (κ3) is 6.92. The summed E-state index contributed by atoms with van der Waals surface area (Å²) in [5, 5.41) is 3.24. The molecule has 0 aromatic heterocycles. The van der Waals surface area contributed by atoms with Crippen molar-refractivity contribution in [3.05, 3.63) is 70.5 Å². The van der Waals surface area contributed by atoms with Gasteiger partial charge in [-0.3, -0.25) is 9.59 Å². The Bertz CT molecular complexity index is 990. The van der Waals surface area contributed by atoms with Gasteiger partial charge in [0.1, 0.15) is 5.82 Å². The van der Waals surface area contributed by atoms with E-state index >= 15 is 0 Å². The van der Waals surface area contributed by atoms with E-state index in [1.165, 1.54) is 24.3 Å². The van der Waals surface area contributed by atoms with Gasteiger partial charge in [0.05, 0.1) is 5.57 Å². The second-order valence-corrected chi connectivity index (χ2v) is 7.82. The first-order valence-corrected chi connectivity index (χ1v) is 10.7. The zero-order chi connectivity index (χ0) is 22.9. The fourth-order valence-electron chi connectivity index (χ4n) is 3.31. The quantitative estimate of drug-likeness (QED) is 0.269. The number of rotatable bonds is 9. The number of nitrogens with one attached hydrogen (secondary N) is 1. The van der Waals surface area contributed by atoms with Gasteiger partial charge in [-0.2, -0.15) is 0 Å². The monoisotopic (exact) mass is 458 g/mol. The highest BCUT2D eigenvalue weighted by molar-refractivity contribution is 6.30. The molecular formula is C24H24ClFN2O4. The van der Waals surface area contributed by atoms with Gasteiger partial charge in [0.15, 0.2) is 6.61 Å². The van der Waals surface area contributed by atoms with E-state index < -0.39 is 24.3 Å². The number of hydrogen-bond acceptors (Lipinski definition) is 4. The summed E-state index contributed by atoms with van der Waals surface area (Å²) in [6.45, 7) is 1.29. The van der Waals surface area contributed by atoms with Gasteiger partial charge in [-0.05, 0) is 54.3 Å². The minimum atomic E-state index is -0.704. The lowest BCUT2D eigenvalue weighted by atomic mass is 10.0. The van der Waals surface area contributed by atoms with Crippen LogP contribution < -0.4 is 5.32 Å². The van der Waals surface area contributed by atoms with E-state index in [9.17, 15) is 18.8 Å². The van der Waals surface area contributed by atoms with Crippen LogP contribution in [0.25, 0.3) is 11.6 Å². The fourth-order valence-corrected chi connectivity index (χ4v) is 3.44. The molecule has 0 atom stereocenters. The molecule has 1 N–H and O–H groups in total.